The van der Waals surface area contributed by atoms with Gasteiger partial charge in [-0.2, -0.15) is 5.10 Å². The van der Waals surface area contributed by atoms with E-state index in [1.54, 1.807) is 15.8 Å². The minimum Gasteiger partial charge on any atom is -0.493 e. The number of aromatic nitrogens is 5. The molecule has 1 aliphatic heterocycles. The number of nitrogens with zero attached hydrogens (tertiary/aromatic N) is 6. The Bertz CT molecular complexity index is 1960. The van der Waals surface area contributed by atoms with Crippen LogP contribution >= 0.6 is 11.3 Å². The minimum atomic E-state index is -0.466. The number of ether oxygens (including phenoxy) is 2. The van der Waals surface area contributed by atoms with Crippen LogP contribution in [-0.2, 0) is 10.2 Å². The van der Waals surface area contributed by atoms with Crippen LogP contribution in [0.15, 0.2) is 61.1 Å². The Balaban J connectivity index is 1.10. The second-order valence-electron chi connectivity index (χ2n) is 13.3. The van der Waals surface area contributed by atoms with Gasteiger partial charge in [0.2, 0.25) is 5.91 Å². The number of rotatable bonds is 10. The first-order valence-corrected chi connectivity index (χ1v) is 17.6. The van der Waals surface area contributed by atoms with E-state index in [9.17, 15) is 9.59 Å². The zero-order valence-electron chi connectivity index (χ0n) is 29.2. The third kappa shape index (κ3) is 7.94. The molecule has 3 amide bonds. The summed E-state index contributed by atoms with van der Waals surface area (Å²) >= 11 is 1.50. The zero-order valence-corrected chi connectivity index (χ0v) is 30.1. The van der Waals surface area contributed by atoms with Crippen LogP contribution in [-0.4, -0.2) is 49.8 Å². The van der Waals surface area contributed by atoms with Gasteiger partial charge in [-0.25, -0.2) is 24.4 Å². The quantitative estimate of drug-likeness (QED) is 0.149. The van der Waals surface area contributed by atoms with Crippen molar-refractivity contribution in [1.82, 2.24) is 24.7 Å². The van der Waals surface area contributed by atoms with Crippen LogP contribution in [0.25, 0.3) is 16.1 Å². The number of nitrogens with one attached hydrogen (secondary N) is 2. The van der Waals surface area contributed by atoms with Crippen LogP contribution in [0.3, 0.4) is 0 Å². The molecule has 2 N–H and O–H groups in total. The lowest BCUT2D eigenvalue weighted by Gasteiger charge is -2.23. The molecule has 13 heteroatoms. The van der Waals surface area contributed by atoms with Crippen molar-refractivity contribution in [3.63, 3.8) is 0 Å². The van der Waals surface area contributed by atoms with Crippen molar-refractivity contribution in [1.29, 1.82) is 0 Å². The van der Waals surface area contributed by atoms with Crippen LogP contribution in [0.5, 0.6) is 17.5 Å². The number of carbonyl (C=O) groups excluding carboxylic acids is 2. The molecule has 1 fully saturated rings. The average Bonchev–Trinajstić information content (AvgIpc) is 3.74. The molecule has 0 aliphatic carbocycles. The molecule has 50 heavy (non-hydrogen) atoms. The molecule has 260 valence electrons. The van der Waals surface area contributed by atoms with Gasteiger partial charge in [-0.15, -0.1) is 0 Å². The van der Waals surface area contributed by atoms with Gasteiger partial charge >= 0.3 is 12.0 Å². The van der Waals surface area contributed by atoms with Crippen LogP contribution in [0.2, 0.25) is 0 Å². The van der Waals surface area contributed by atoms with E-state index in [-0.39, 0.29) is 17.3 Å². The summed E-state index contributed by atoms with van der Waals surface area (Å²) in [5.41, 5.74) is 4.76. The molecule has 0 spiro atoms. The predicted molar refractivity (Wildman–Crippen MR) is 196 cm³/mol. The highest BCUT2D eigenvalue weighted by Gasteiger charge is 2.24. The smallest absolute Gasteiger partial charge is 0.324 e. The molecular weight excluding hydrogens is 653 g/mol. The zero-order chi connectivity index (χ0) is 35.4. The summed E-state index contributed by atoms with van der Waals surface area (Å²) in [6, 6.07) is 13.1. The first-order chi connectivity index (χ1) is 24.0. The lowest BCUT2D eigenvalue weighted by atomic mass is 9.92. The summed E-state index contributed by atoms with van der Waals surface area (Å²) in [6.07, 6.45) is 8.19. The fourth-order valence-electron chi connectivity index (χ4n) is 5.55. The number of thiazole rings is 1. The van der Waals surface area contributed by atoms with Gasteiger partial charge in [0.25, 0.3) is 0 Å². The van der Waals surface area contributed by atoms with Gasteiger partial charge < -0.3 is 14.8 Å². The van der Waals surface area contributed by atoms with Gasteiger partial charge in [0, 0.05) is 30.6 Å². The number of carbonyl (C=O) groups is 2. The summed E-state index contributed by atoms with van der Waals surface area (Å²) in [5.74, 6) is 2.08. The van der Waals surface area contributed by atoms with Crippen molar-refractivity contribution in [2.45, 2.75) is 72.6 Å². The van der Waals surface area contributed by atoms with E-state index in [1.165, 1.54) is 23.7 Å². The van der Waals surface area contributed by atoms with Crippen molar-refractivity contribution in [2.75, 3.05) is 28.7 Å². The molecule has 0 radical (unpaired) electrons. The Morgan fingerprint density at radius 1 is 0.960 bits per heavy atom. The molecule has 0 bridgehead atoms. The second-order valence-corrected chi connectivity index (χ2v) is 14.3. The number of benzene rings is 2. The lowest BCUT2D eigenvalue weighted by Crippen LogP contribution is -2.34. The van der Waals surface area contributed by atoms with Crippen molar-refractivity contribution < 1.29 is 19.1 Å². The number of urea groups is 1. The van der Waals surface area contributed by atoms with Gasteiger partial charge in [0.15, 0.2) is 5.13 Å². The Morgan fingerprint density at radius 2 is 1.68 bits per heavy atom. The van der Waals surface area contributed by atoms with Crippen molar-refractivity contribution in [3.8, 4) is 33.6 Å². The Labute approximate surface area is 295 Å². The van der Waals surface area contributed by atoms with E-state index < -0.39 is 6.03 Å². The van der Waals surface area contributed by atoms with Gasteiger partial charge in [0.05, 0.1) is 40.9 Å². The van der Waals surface area contributed by atoms with E-state index in [1.807, 2.05) is 56.3 Å². The highest BCUT2D eigenvalue weighted by atomic mass is 32.1. The second kappa shape index (κ2) is 14.7. The lowest BCUT2D eigenvalue weighted by molar-refractivity contribution is -0.119. The van der Waals surface area contributed by atoms with Gasteiger partial charge in [-0.1, -0.05) is 39.0 Å². The first kappa shape index (κ1) is 34.6. The van der Waals surface area contributed by atoms with E-state index in [2.05, 4.69) is 53.3 Å². The summed E-state index contributed by atoms with van der Waals surface area (Å²) in [6.45, 7) is 13.7. The van der Waals surface area contributed by atoms with Crippen molar-refractivity contribution in [3.05, 3.63) is 77.9 Å². The van der Waals surface area contributed by atoms with E-state index >= 15 is 0 Å². The topological polar surface area (TPSA) is 136 Å². The maximum absolute atomic E-state index is 13.2. The van der Waals surface area contributed by atoms with E-state index in [4.69, 9.17) is 14.6 Å². The van der Waals surface area contributed by atoms with Crippen molar-refractivity contribution in [2.24, 2.45) is 0 Å². The Kier molecular flexibility index (Phi) is 10.1. The molecule has 12 nitrogen and oxygen atoms in total. The third-order valence-electron chi connectivity index (χ3n) is 8.14. The molecule has 5 aromatic rings. The summed E-state index contributed by atoms with van der Waals surface area (Å²) in [4.78, 5) is 41.2. The largest absolute Gasteiger partial charge is 0.493 e. The fraction of sp³-hybridized carbons (Fsp3) is 0.351. The number of amides is 3. The number of hydrogen-bond donors (Lipinski definition) is 2. The number of anilines is 3. The fourth-order valence-corrected chi connectivity index (χ4v) is 6.52. The minimum absolute atomic E-state index is 0.130. The number of hydrogen-bond acceptors (Lipinski definition) is 9. The maximum atomic E-state index is 13.2. The van der Waals surface area contributed by atoms with E-state index in [0.717, 1.165) is 63.1 Å². The van der Waals surface area contributed by atoms with Crippen LogP contribution in [0, 0.1) is 13.8 Å². The average molecular weight is 695 g/mol. The Hall–Kier alpha value is -5.30. The SMILES string of the molecule is CCCOc1c(C)cc(-n2nc(C(C)(C)C)cc2NC(=O)Nc2cnc(Oc3ccc(-c4cnc(N5CCCCC5=O)s4)cc3)nc2)cc1C. The standard InChI is InChI=1S/C37H42N8O4S/c1-7-16-48-33-23(2)17-27(18-24(33)3)45-31(19-30(43-45)37(4,5)6)42-34(47)41-26-20-38-35(39-21-26)49-28-13-11-25(12-14-28)29-22-40-36(50-29)44-15-9-8-10-32(44)46/h11-14,17-22H,7-10,15-16H2,1-6H3,(H2,41,42,47). The predicted octanol–water partition coefficient (Wildman–Crippen LogP) is 8.44. The molecule has 0 saturated carbocycles. The molecule has 1 saturated heterocycles. The summed E-state index contributed by atoms with van der Waals surface area (Å²) in [7, 11) is 0. The molecule has 0 unspecified atom stereocenters. The molecule has 3 aromatic heterocycles. The molecule has 0 atom stereocenters. The molecule has 2 aromatic carbocycles. The van der Waals surface area contributed by atoms with Crippen molar-refractivity contribution >= 4 is 39.9 Å². The molecular formula is C37H42N8O4S. The highest BCUT2D eigenvalue weighted by Crippen LogP contribution is 2.34. The first-order valence-electron chi connectivity index (χ1n) is 16.8. The van der Waals surface area contributed by atoms with Crippen LogP contribution in [0.4, 0.5) is 21.4 Å². The van der Waals surface area contributed by atoms with Crippen LogP contribution in [0.1, 0.15) is 70.2 Å². The maximum Gasteiger partial charge on any atom is 0.324 e. The van der Waals surface area contributed by atoms with E-state index in [0.29, 0.717) is 36.8 Å². The van der Waals surface area contributed by atoms with Gasteiger partial charge in [-0.05, 0) is 86.2 Å². The normalized spacial score (nSPS) is 13.3. The Morgan fingerprint density at radius 3 is 2.34 bits per heavy atom. The number of piperidine rings is 1. The summed E-state index contributed by atoms with van der Waals surface area (Å²) < 4.78 is 13.6. The highest BCUT2D eigenvalue weighted by molar-refractivity contribution is 7.19. The summed E-state index contributed by atoms with van der Waals surface area (Å²) in [5, 5.41) is 11.3. The molecule has 4 heterocycles. The number of aryl methyl sites for hydroxylation is 2. The van der Waals surface area contributed by atoms with Crippen LogP contribution < -0.4 is 25.0 Å². The molecule has 1 aliphatic rings. The van der Waals surface area contributed by atoms with Gasteiger partial charge in [-0.3, -0.25) is 15.0 Å². The monoisotopic (exact) mass is 694 g/mol. The third-order valence-corrected chi connectivity index (χ3v) is 9.21. The molecule has 6 rings (SSSR count). The van der Waals surface area contributed by atoms with Gasteiger partial charge in [0.1, 0.15) is 17.3 Å².